The van der Waals surface area contributed by atoms with Gasteiger partial charge in [-0.1, -0.05) is 0 Å². The van der Waals surface area contributed by atoms with Gasteiger partial charge in [-0.05, 0) is 0 Å². The van der Waals surface area contributed by atoms with Crippen LogP contribution in [0.5, 0.6) is 0 Å². The molecule has 5 nitrogen and oxygen atoms in total. The van der Waals surface area contributed by atoms with Crippen molar-refractivity contribution in [3.05, 3.63) is 76.0 Å². The number of benzene rings is 2. The van der Waals surface area contributed by atoms with Gasteiger partial charge >= 0.3 is 119 Å². The van der Waals surface area contributed by atoms with E-state index >= 15 is 0 Å². The van der Waals surface area contributed by atoms with Crippen LogP contribution in [-0.4, -0.2) is 10.6 Å². The van der Waals surface area contributed by atoms with E-state index in [4.69, 9.17) is 15.3 Å². The Labute approximate surface area is 144 Å². The zero-order valence-corrected chi connectivity index (χ0v) is 21.4. The van der Waals surface area contributed by atoms with Gasteiger partial charge in [-0.15, -0.1) is 0 Å². The summed E-state index contributed by atoms with van der Waals surface area (Å²) < 4.78 is 3.03. The van der Waals surface area contributed by atoms with E-state index in [2.05, 4.69) is 60.7 Å². The first-order chi connectivity index (χ1) is 8.52. The second-order valence-electron chi connectivity index (χ2n) is 3.19. The molecule has 0 saturated carbocycles. The quantitative estimate of drug-likeness (QED) is 0.242. The van der Waals surface area contributed by atoms with Crippen LogP contribution in [0.2, 0.25) is 0 Å². The molecule has 0 atom stereocenters. The summed E-state index contributed by atoms with van der Waals surface area (Å²) in [6, 6.07) is 21.1. The van der Waals surface area contributed by atoms with Gasteiger partial charge in [-0.3, -0.25) is 0 Å². The van der Waals surface area contributed by atoms with Crippen molar-refractivity contribution in [2.75, 3.05) is 0 Å². The minimum absolute atomic E-state index is 0. The number of nitrogens with zero attached hydrogens (tertiary/aromatic N) is 1. The predicted molar refractivity (Wildman–Crippen MR) is 66.1 cm³/mol. The molecule has 0 radical (unpaired) electrons. The Morgan fingerprint density at radius 2 is 1.21 bits per heavy atom. The summed E-state index contributed by atoms with van der Waals surface area (Å²) in [5, 5.41) is 14.8. The van der Waals surface area contributed by atoms with Crippen molar-refractivity contribution in [2.45, 2.75) is 0 Å². The molecule has 0 heterocycles. The van der Waals surface area contributed by atoms with E-state index in [0.29, 0.717) is 0 Å². The summed E-state index contributed by atoms with van der Waals surface area (Å²) in [6.07, 6.45) is 0. The minimum atomic E-state index is -1.75. The molecule has 7 heteroatoms. The average Bonchev–Trinajstić information content (AvgIpc) is 2.31. The van der Waals surface area contributed by atoms with Crippen molar-refractivity contribution >= 4 is 6.14 Å². The summed E-state index contributed by atoms with van der Waals surface area (Å²) in [6.45, 7) is 0. The summed E-state index contributed by atoms with van der Waals surface area (Å²) in [7, 11) is 0. The third-order valence-corrected chi connectivity index (χ3v) is 5.35. The SMILES string of the molecule is O.O=[N+]([O-])[O-].[Hg+][c]1ccccc1.[Hg][c]1ccccc1. The molecule has 2 N–H and O–H groups in total. The Morgan fingerprint density at radius 3 is 1.37 bits per heavy atom. The standard InChI is InChI=1S/2C6H5.2Hg.NO3.H2O/c2*1-2-4-6-5-3-1;;;2-1(3)4;/h2*1-5H;;;;1H2/q;;;+1;-1;. The van der Waals surface area contributed by atoms with E-state index in [0.717, 1.165) is 52.2 Å². The van der Waals surface area contributed by atoms with Crippen LogP contribution in [0.25, 0.3) is 0 Å². The van der Waals surface area contributed by atoms with E-state index in [9.17, 15) is 0 Å². The predicted octanol–water partition coefficient (Wildman–Crippen LogP) is 0.654. The summed E-state index contributed by atoms with van der Waals surface area (Å²) in [4.78, 5) is 8.25. The van der Waals surface area contributed by atoms with E-state index in [-0.39, 0.29) is 5.48 Å². The van der Waals surface area contributed by atoms with Gasteiger partial charge in [-0.25, -0.2) is 0 Å². The number of hydrogen-bond donors (Lipinski definition) is 0. The van der Waals surface area contributed by atoms with Gasteiger partial charge < -0.3 is 20.8 Å². The van der Waals surface area contributed by atoms with Crippen molar-refractivity contribution in [3.63, 3.8) is 0 Å². The molecule has 2 rings (SSSR count). The normalized spacial score (nSPS) is 7.79. The first-order valence-electron chi connectivity index (χ1n) is 5.08. The van der Waals surface area contributed by atoms with Crippen LogP contribution in [0.3, 0.4) is 0 Å². The molecule has 0 amide bonds. The van der Waals surface area contributed by atoms with Crippen molar-refractivity contribution in [1.82, 2.24) is 0 Å². The Hall–Kier alpha value is -0.530. The molecule has 19 heavy (non-hydrogen) atoms. The molecule has 0 spiro atoms. The molecule has 0 aliphatic carbocycles. The Morgan fingerprint density at radius 1 is 0.895 bits per heavy atom. The second kappa shape index (κ2) is 13.9. The number of hydrogen-bond acceptors (Lipinski definition) is 3. The van der Waals surface area contributed by atoms with Gasteiger partial charge in [0.15, 0.2) is 0 Å². The van der Waals surface area contributed by atoms with Gasteiger partial charge in [0.1, 0.15) is 0 Å². The summed E-state index contributed by atoms with van der Waals surface area (Å²) in [5.74, 6) is 0. The fraction of sp³-hybridized carbons (Fsp3) is 0. The zero-order chi connectivity index (χ0) is 13.8. The second-order valence-corrected chi connectivity index (χ2v) is 9.54. The van der Waals surface area contributed by atoms with Crippen molar-refractivity contribution in [3.8, 4) is 0 Å². The first kappa shape index (κ1) is 20.8. The summed E-state index contributed by atoms with van der Waals surface area (Å²) >= 11 is 1.62. The Bertz CT molecular complexity index is 398. The van der Waals surface area contributed by atoms with Crippen LogP contribution in [0.15, 0.2) is 60.7 Å². The van der Waals surface area contributed by atoms with E-state index in [1.807, 2.05) is 0 Å². The molecule has 0 saturated heterocycles. The molecular formula is C12H12Hg2NO4. The van der Waals surface area contributed by atoms with Crippen LogP contribution >= 0.6 is 0 Å². The van der Waals surface area contributed by atoms with E-state index in [1.54, 1.807) is 0 Å². The van der Waals surface area contributed by atoms with Crippen LogP contribution < -0.4 is 6.14 Å². The molecule has 2 aromatic rings. The third kappa shape index (κ3) is 17.5. The molecule has 0 aromatic heterocycles. The molecule has 93 valence electrons. The van der Waals surface area contributed by atoms with Crippen molar-refractivity contribution in [2.24, 2.45) is 0 Å². The van der Waals surface area contributed by atoms with Crippen LogP contribution in [0.4, 0.5) is 0 Å². The van der Waals surface area contributed by atoms with Gasteiger partial charge in [0.2, 0.25) is 0 Å². The Kier molecular flexibility index (Phi) is 15.2. The van der Waals surface area contributed by atoms with Gasteiger partial charge in [0.25, 0.3) is 0 Å². The van der Waals surface area contributed by atoms with E-state index in [1.165, 1.54) is 6.14 Å². The van der Waals surface area contributed by atoms with Crippen molar-refractivity contribution < 1.29 is 62.8 Å². The fourth-order valence-electron chi connectivity index (χ4n) is 0.956. The van der Waals surface area contributed by atoms with Crippen molar-refractivity contribution in [1.29, 1.82) is 0 Å². The molecule has 0 bridgehead atoms. The van der Waals surface area contributed by atoms with Crippen LogP contribution in [-0.2, 0) is 52.2 Å². The van der Waals surface area contributed by atoms with Gasteiger partial charge in [-0.2, -0.15) is 0 Å². The monoisotopic (exact) mass is 638 g/mol. The van der Waals surface area contributed by atoms with Crippen LogP contribution in [0, 0.1) is 15.3 Å². The molecule has 0 aliphatic heterocycles. The topological polar surface area (TPSA) is 97.7 Å². The molecule has 0 fully saturated rings. The molecule has 0 aliphatic rings. The van der Waals surface area contributed by atoms with Gasteiger partial charge in [0.05, 0.1) is 5.09 Å². The fourth-order valence-corrected chi connectivity index (χ4v) is 3.07. The maximum absolute atomic E-state index is 8.25. The van der Waals surface area contributed by atoms with Gasteiger partial charge in [0, 0.05) is 0 Å². The number of rotatable bonds is 0. The zero-order valence-electron chi connectivity index (χ0n) is 10.4. The molecule has 2 aromatic carbocycles. The summed E-state index contributed by atoms with van der Waals surface area (Å²) in [5.41, 5.74) is 0. The van der Waals surface area contributed by atoms with E-state index < -0.39 is 5.09 Å². The molecule has 0 unspecified atom stereocenters. The molecular weight excluding hydrogens is 623 g/mol. The average molecular weight is 635 g/mol. The maximum atomic E-state index is 8.25. The Balaban J connectivity index is 0. The third-order valence-electron chi connectivity index (χ3n) is 1.69. The first-order valence-corrected chi connectivity index (χ1v) is 10.6. The van der Waals surface area contributed by atoms with Crippen LogP contribution in [0.1, 0.15) is 0 Å².